The van der Waals surface area contributed by atoms with Gasteiger partial charge in [-0.2, -0.15) is 0 Å². The van der Waals surface area contributed by atoms with Gasteiger partial charge in [-0.15, -0.1) is 0 Å². The van der Waals surface area contributed by atoms with Crippen molar-refractivity contribution in [3.8, 4) is 33.4 Å². The molecular formula is C50H41NO2. The van der Waals surface area contributed by atoms with Gasteiger partial charge in [0.2, 0.25) is 0 Å². The molecule has 0 bridgehead atoms. The zero-order valence-corrected chi connectivity index (χ0v) is 30.4. The molecule has 5 aromatic carbocycles. The predicted molar refractivity (Wildman–Crippen MR) is 225 cm³/mol. The number of pyridine rings is 1. The van der Waals surface area contributed by atoms with Crippen molar-refractivity contribution in [3.05, 3.63) is 181 Å². The van der Waals surface area contributed by atoms with Gasteiger partial charge in [0.05, 0.1) is 0 Å². The molecule has 3 aromatic heterocycles. The Morgan fingerprint density at radius 1 is 0.604 bits per heavy atom. The highest BCUT2D eigenvalue weighted by Crippen LogP contribution is 2.42. The van der Waals surface area contributed by atoms with Crippen LogP contribution < -0.4 is 0 Å². The van der Waals surface area contributed by atoms with Crippen LogP contribution in [0.15, 0.2) is 168 Å². The molecule has 1 aliphatic carbocycles. The Labute approximate surface area is 310 Å². The van der Waals surface area contributed by atoms with Gasteiger partial charge in [0.15, 0.2) is 0 Å². The second-order valence-corrected chi connectivity index (χ2v) is 13.6. The molecule has 9 rings (SSSR count). The molecule has 0 aliphatic heterocycles. The maximum Gasteiger partial charge on any atom is 0.138 e. The molecule has 1 atom stereocenters. The molecule has 53 heavy (non-hydrogen) atoms. The van der Waals surface area contributed by atoms with Crippen LogP contribution in [0.25, 0.3) is 84.0 Å². The standard InChI is InChI=1S/C48H35NO2.C2H6/c1-4-40-41-27-37(18-19-45(41)50-44(40)5-2)35-14-8-16-39(26-35)48(3)22-9-15-38(29-48)34-13-7-11-32(25-34)31-10-6-12-33(24-31)36-17-20-46-42(28-36)43-30-49-23-21-47(43)51-46;1-2/h4-28,30H,1-2,29H2,3H3;1-2H3. The Bertz CT molecular complexity index is 2730. The van der Waals surface area contributed by atoms with E-state index in [0.29, 0.717) is 0 Å². The van der Waals surface area contributed by atoms with Gasteiger partial charge < -0.3 is 8.83 Å². The van der Waals surface area contributed by atoms with E-state index in [2.05, 4.69) is 146 Å². The average Bonchev–Trinajstić information content (AvgIpc) is 3.79. The topological polar surface area (TPSA) is 39.2 Å². The van der Waals surface area contributed by atoms with E-state index in [9.17, 15) is 0 Å². The number of hydrogen-bond acceptors (Lipinski definition) is 3. The molecule has 0 spiro atoms. The second-order valence-electron chi connectivity index (χ2n) is 13.6. The summed E-state index contributed by atoms with van der Waals surface area (Å²) in [5.41, 5.74) is 14.3. The Hall–Kier alpha value is -6.45. The van der Waals surface area contributed by atoms with Crippen LogP contribution in [0.1, 0.15) is 49.6 Å². The van der Waals surface area contributed by atoms with Crippen molar-refractivity contribution in [2.24, 2.45) is 0 Å². The summed E-state index contributed by atoms with van der Waals surface area (Å²) in [7, 11) is 0. The molecule has 8 aromatic rings. The highest BCUT2D eigenvalue weighted by molar-refractivity contribution is 6.06. The Kier molecular flexibility index (Phi) is 8.85. The van der Waals surface area contributed by atoms with Crippen LogP contribution in [0.5, 0.6) is 0 Å². The molecule has 0 amide bonds. The normalized spacial score (nSPS) is 15.3. The van der Waals surface area contributed by atoms with E-state index < -0.39 is 0 Å². The van der Waals surface area contributed by atoms with Crippen molar-refractivity contribution in [2.75, 3.05) is 0 Å². The summed E-state index contributed by atoms with van der Waals surface area (Å²) >= 11 is 0. The van der Waals surface area contributed by atoms with E-state index in [1.54, 1.807) is 12.3 Å². The fraction of sp³-hybridized carbons (Fsp3) is 0.100. The maximum absolute atomic E-state index is 6.04. The quantitative estimate of drug-likeness (QED) is 0.167. The first kappa shape index (κ1) is 33.7. The van der Waals surface area contributed by atoms with E-state index in [1.165, 1.54) is 39.0 Å². The van der Waals surface area contributed by atoms with Crippen LogP contribution >= 0.6 is 0 Å². The predicted octanol–water partition coefficient (Wildman–Crippen LogP) is 14.3. The first-order chi connectivity index (χ1) is 26.0. The number of hydrogen-bond donors (Lipinski definition) is 0. The minimum atomic E-state index is -0.163. The zero-order chi connectivity index (χ0) is 36.5. The molecule has 1 aliphatic rings. The van der Waals surface area contributed by atoms with Gasteiger partial charge in [-0.1, -0.05) is 131 Å². The fourth-order valence-corrected chi connectivity index (χ4v) is 7.60. The molecule has 1 unspecified atom stereocenters. The summed E-state index contributed by atoms with van der Waals surface area (Å²) in [4.78, 5) is 4.32. The molecule has 0 saturated heterocycles. The first-order valence-corrected chi connectivity index (χ1v) is 18.3. The number of rotatable bonds is 7. The van der Waals surface area contributed by atoms with Gasteiger partial charge in [0.25, 0.3) is 0 Å². The number of furan rings is 2. The molecule has 3 nitrogen and oxygen atoms in total. The third kappa shape index (κ3) is 6.15. The second kappa shape index (κ2) is 13.9. The van der Waals surface area contributed by atoms with Gasteiger partial charge >= 0.3 is 0 Å². The Morgan fingerprint density at radius 2 is 1.19 bits per heavy atom. The van der Waals surface area contributed by atoms with Gasteiger partial charge in [0, 0.05) is 39.5 Å². The summed E-state index contributed by atoms with van der Waals surface area (Å²) in [6, 6.07) is 41.4. The molecule has 0 radical (unpaired) electrons. The minimum Gasteiger partial charge on any atom is -0.456 e. The van der Waals surface area contributed by atoms with E-state index in [1.807, 2.05) is 38.3 Å². The highest BCUT2D eigenvalue weighted by Gasteiger charge is 2.28. The SMILES string of the molecule is C=Cc1oc2ccc(-c3cccc(C4(C)C=CC=C(c5cccc(-c6cccc(-c7ccc8oc9ccncc9c8c7)c6)c5)C4)c3)cc2c1C=C.CC. The van der Waals surface area contributed by atoms with Gasteiger partial charge in [-0.05, 0) is 105 Å². The summed E-state index contributed by atoms with van der Waals surface area (Å²) in [5.74, 6) is 0.751. The van der Waals surface area contributed by atoms with Crippen LogP contribution in [0, 0.1) is 0 Å². The molecule has 0 N–H and O–H groups in total. The van der Waals surface area contributed by atoms with E-state index in [-0.39, 0.29) is 5.41 Å². The van der Waals surface area contributed by atoms with Gasteiger partial charge in [-0.25, -0.2) is 0 Å². The lowest BCUT2D eigenvalue weighted by Crippen LogP contribution is -2.21. The summed E-state index contributed by atoms with van der Waals surface area (Å²) < 4.78 is 12.0. The third-order valence-electron chi connectivity index (χ3n) is 10.4. The number of aromatic nitrogens is 1. The van der Waals surface area contributed by atoms with Crippen LogP contribution in [-0.2, 0) is 5.41 Å². The Morgan fingerprint density at radius 3 is 1.89 bits per heavy atom. The average molecular weight is 688 g/mol. The summed E-state index contributed by atoms with van der Waals surface area (Å²) in [6.07, 6.45) is 15.0. The number of fused-ring (bicyclic) bond motifs is 4. The fourth-order valence-electron chi connectivity index (χ4n) is 7.60. The van der Waals surface area contributed by atoms with Crippen LogP contribution in [-0.4, -0.2) is 4.98 Å². The van der Waals surface area contributed by atoms with Crippen molar-refractivity contribution in [1.29, 1.82) is 0 Å². The van der Waals surface area contributed by atoms with Crippen LogP contribution in [0.4, 0.5) is 0 Å². The van der Waals surface area contributed by atoms with Crippen LogP contribution in [0.3, 0.4) is 0 Å². The molecular weight excluding hydrogens is 647 g/mol. The Balaban J connectivity index is 0.00000197. The molecule has 0 saturated carbocycles. The monoisotopic (exact) mass is 687 g/mol. The maximum atomic E-state index is 6.04. The largest absolute Gasteiger partial charge is 0.456 e. The van der Waals surface area contributed by atoms with Crippen molar-refractivity contribution >= 4 is 50.6 Å². The number of nitrogens with zero attached hydrogens (tertiary/aromatic N) is 1. The minimum absolute atomic E-state index is 0.163. The van der Waals surface area contributed by atoms with E-state index >= 15 is 0 Å². The zero-order valence-electron chi connectivity index (χ0n) is 30.4. The molecule has 258 valence electrons. The van der Waals surface area contributed by atoms with Gasteiger partial charge in [0.1, 0.15) is 22.5 Å². The van der Waals surface area contributed by atoms with Gasteiger partial charge in [-0.3, -0.25) is 4.98 Å². The lowest BCUT2D eigenvalue weighted by molar-refractivity contribution is 0.603. The summed E-state index contributed by atoms with van der Waals surface area (Å²) in [6.45, 7) is 14.3. The molecule has 3 heterocycles. The van der Waals surface area contributed by atoms with Crippen molar-refractivity contribution in [3.63, 3.8) is 0 Å². The molecule has 0 fully saturated rings. The van der Waals surface area contributed by atoms with Crippen molar-refractivity contribution in [1.82, 2.24) is 4.98 Å². The lowest BCUT2D eigenvalue weighted by Gasteiger charge is -2.31. The van der Waals surface area contributed by atoms with Crippen molar-refractivity contribution < 1.29 is 8.83 Å². The van der Waals surface area contributed by atoms with E-state index in [0.717, 1.165) is 61.8 Å². The summed E-state index contributed by atoms with van der Waals surface area (Å²) in [5, 5.41) is 3.16. The van der Waals surface area contributed by atoms with Crippen molar-refractivity contribution in [2.45, 2.75) is 32.6 Å². The number of allylic oxidation sites excluding steroid dienone is 4. The highest BCUT2D eigenvalue weighted by atomic mass is 16.3. The first-order valence-electron chi connectivity index (χ1n) is 18.3. The smallest absolute Gasteiger partial charge is 0.138 e. The third-order valence-corrected chi connectivity index (χ3v) is 10.4. The lowest BCUT2D eigenvalue weighted by atomic mass is 9.73. The molecule has 3 heteroatoms. The van der Waals surface area contributed by atoms with Crippen LogP contribution in [0.2, 0.25) is 0 Å². The number of benzene rings is 5. The van der Waals surface area contributed by atoms with E-state index in [4.69, 9.17) is 8.83 Å².